The molecule has 1 rings (SSSR count). The number of amides is 1. The predicted octanol–water partition coefficient (Wildman–Crippen LogP) is 2.45. The summed E-state index contributed by atoms with van der Waals surface area (Å²) in [6, 6.07) is 7.14. The third kappa shape index (κ3) is 2.95. The molecule has 0 aliphatic heterocycles. The van der Waals surface area contributed by atoms with Crippen molar-refractivity contribution >= 4 is 17.7 Å². The number of hydrogen-bond acceptors (Lipinski definition) is 1. The van der Waals surface area contributed by atoms with E-state index in [1.165, 1.54) is 11.9 Å². The Hall–Kier alpha value is -1.22. The Labute approximate surface area is 81.5 Å². The van der Waals surface area contributed by atoms with Gasteiger partial charge in [0.1, 0.15) is 0 Å². The highest BCUT2D eigenvalue weighted by atomic mass is 35.5. The molecule has 0 aliphatic rings. The number of halogens is 1. The number of carbonyl (C=O) groups is 1. The van der Waals surface area contributed by atoms with Crippen molar-refractivity contribution in [3.05, 3.63) is 34.9 Å². The van der Waals surface area contributed by atoms with Gasteiger partial charge in [-0.05, 0) is 17.7 Å². The highest BCUT2D eigenvalue weighted by Crippen LogP contribution is 2.11. The summed E-state index contributed by atoms with van der Waals surface area (Å²) in [6.07, 6.45) is -0.944. The molecule has 0 heterocycles. The molecule has 1 amide bonds. The molecule has 0 aromatic heterocycles. The monoisotopic (exact) mass is 199 g/mol. The lowest BCUT2D eigenvalue weighted by Crippen LogP contribution is -2.23. The van der Waals surface area contributed by atoms with E-state index < -0.39 is 6.09 Å². The van der Waals surface area contributed by atoms with Crippen LogP contribution in [0.5, 0.6) is 0 Å². The number of hydrogen-bond donors (Lipinski definition) is 1. The average Bonchev–Trinajstić information content (AvgIpc) is 2.04. The van der Waals surface area contributed by atoms with E-state index in [9.17, 15) is 4.79 Å². The first-order valence-electron chi connectivity index (χ1n) is 3.78. The van der Waals surface area contributed by atoms with E-state index in [2.05, 4.69) is 0 Å². The molecule has 0 atom stereocenters. The minimum Gasteiger partial charge on any atom is -0.465 e. The summed E-state index contributed by atoms with van der Waals surface area (Å²) in [5.74, 6) is 0. The van der Waals surface area contributed by atoms with Gasteiger partial charge in [0.05, 0.1) is 0 Å². The third-order valence-electron chi connectivity index (χ3n) is 1.64. The van der Waals surface area contributed by atoms with E-state index in [0.717, 1.165) is 5.56 Å². The summed E-state index contributed by atoms with van der Waals surface area (Å²) in [6.45, 7) is 0.357. The lowest BCUT2D eigenvalue weighted by Gasteiger charge is -2.12. The standard InChI is InChI=1S/C9H10ClNO2/c1-11(9(12)13)6-7-3-2-4-8(10)5-7/h2-5H,6H2,1H3,(H,12,13). The number of carboxylic acid groups (broad SMARTS) is 1. The zero-order valence-corrected chi connectivity index (χ0v) is 7.95. The minimum absolute atomic E-state index is 0.357. The van der Waals surface area contributed by atoms with Crippen LogP contribution in [0, 0.1) is 0 Å². The minimum atomic E-state index is -0.944. The molecular weight excluding hydrogens is 190 g/mol. The molecule has 0 fully saturated rings. The van der Waals surface area contributed by atoms with Crippen molar-refractivity contribution in [2.75, 3.05) is 7.05 Å². The maximum atomic E-state index is 10.5. The van der Waals surface area contributed by atoms with Gasteiger partial charge in [-0.2, -0.15) is 0 Å². The van der Waals surface area contributed by atoms with Crippen LogP contribution in [0.25, 0.3) is 0 Å². The van der Waals surface area contributed by atoms with Gasteiger partial charge in [0.15, 0.2) is 0 Å². The molecule has 3 nitrogen and oxygen atoms in total. The van der Waals surface area contributed by atoms with Gasteiger partial charge in [-0.3, -0.25) is 0 Å². The van der Waals surface area contributed by atoms with Crippen LogP contribution in [0.2, 0.25) is 5.02 Å². The van der Waals surface area contributed by atoms with E-state index in [-0.39, 0.29) is 0 Å². The van der Waals surface area contributed by atoms with Crippen LogP contribution in [-0.2, 0) is 6.54 Å². The van der Waals surface area contributed by atoms with Crippen molar-refractivity contribution in [2.24, 2.45) is 0 Å². The van der Waals surface area contributed by atoms with Gasteiger partial charge in [-0.1, -0.05) is 23.7 Å². The van der Waals surface area contributed by atoms with Crippen molar-refractivity contribution in [2.45, 2.75) is 6.54 Å². The average molecular weight is 200 g/mol. The fraction of sp³-hybridized carbons (Fsp3) is 0.222. The van der Waals surface area contributed by atoms with Crippen LogP contribution in [0.3, 0.4) is 0 Å². The number of benzene rings is 1. The van der Waals surface area contributed by atoms with Gasteiger partial charge in [-0.15, -0.1) is 0 Å². The van der Waals surface area contributed by atoms with Gasteiger partial charge < -0.3 is 10.0 Å². The van der Waals surface area contributed by atoms with Gasteiger partial charge in [-0.25, -0.2) is 4.79 Å². The highest BCUT2D eigenvalue weighted by molar-refractivity contribution is 6.30. The molecular formula is C9H10ClNO2. The molecule has 0 saturated carbocycles. The fourth-order valence-electron chi connectivity index (χ4n) is 0.977. The molecule has 1 N–H and O–H groups in total. The predicted molar refractivity (Wildman–Crippen MR) is 50.9 cm³/mol. The van der Waals surface area contributed by atoms with Crippen molar-refractivity contribution in [1.29, 1.82) is 0 Å². The summed E-state index contributed by atoms with van der Waals surface area (Å²) >= 11 is 5.74. The van der Waals surface area contributed by atoms with Crippen molar-refractivity contribution < 1.29 is 9.90 Å². The molecule has 0 saturated heterocycles. The normalized spacial score (nSPS) is 9.69. The second-order valence-corrected chi connectivity index (χ2v) is 3.20. The second-order valence-electron chi connectivity index (χ2n) is 2.77. The smallest absolute Gasteiger partial charge is 0.407 e. The Morgan fingerprint density at radius 3 is 2.85 bits per heavy atom. The van der Waals surface area contributed by atoms with Crippen molar-refractivity contribution in [3.63, 3.8) is 0 Å². The lowest BCUT2D eigenvalue weighted by molar-refractivity contribution is 0.154. The SMILES string of the molecule is CN(Cc1cccc(Cl)c1)C(=O)O. The summed E-state index contributed by atoms with van der Waals surface area (Å²) in [7, 11) is 1.52. The van der Waals surface area contributed by atoms with Crippen LogP contribution >= 0.6 is 11.6 Å². The molecule has 13 heavy (non-hydrogen) atoms. The maximum Gasteiger partial charge on any atom is 0.407 e. The Morgan fingerprint density at radius 1 is 1.62 bits per heavy atom. The zero-order valence-electron chi connectivity index (χ0n) is 7.20. The van der Waals surface area contributed by atoms with Crippen LogP contribution in [-0.4, -0.2) is 23.1 Å². The molecule has 70 valence electrons. The van der Waals surface area contributed by atoms with Crippen molar-refractivity contribution in [1.82, 2.24) is 4.90 Å². The van der Waals surface area contributed by atoms with Crippen LogP contribution < -0.4 is 0 Å². The highest BCUT2D eigenvalue weighted by Gasteiger charge is 2.05. The Bertz CT molecular complexity index is 314. The first kappa shape index (κ1) is 9.86. The summed E-state index contributed by atoms with van der Waals surface area (Å²) in [5.41, 5.74) is 0.886. The van der Waals surface area contributed by atoms with Gasteiger partial charge in [0.25, 0.3) is 0 Å². The van der Waals surface area contributed by atoms with Gasteiger partial charge in [0, 0.05) is 18.6 Å². The molecule has 0 aliphatic carbocycles. The second kappa shape index (κ2) is 4.14. The summed E-state index contributed by atoms with van der Waals surface area (Å²) < 4.78 is 0. The van der Waals surface area contributed by atoms with Gasteiger partial charge in [0.2, 0.25) is 0 Å². The zero-order chi connectivity index (χ0) is 9.84. The molecule has 1 aromatic rings. The lowest BCUT2D eigenvalue weighted by atomic mass is 10.2. The third-order valence-corrected chi connectivity index (χ3v) is 1.87. The van der Waals surface area contributed by atoms with Crippen molar-refractivity contribution in [3.8, 4) is 0 Å². The first-order valence-corrected chi connectivity index (χ1v) is 4.16. The van der Waals surface area contributed by atoms with Gasteiger partial charge >= 0.3 is 6.09 Å². The quantitative estimate of drug-likeness (QED) is 0.795. The largest absolute Gasteiger partial charge is 0.465 e. The summed E-state index contributed by atoms with van der Waals surface area (Å²) in [5, 5.41) is 9.23. The molecule has 1 aromatic carbocycles. The van der Waals surface area contributed by atoms with E-state index >= 15 is 0 Å². The molecule has 0 bridgehead atoms. The van der Waals surface area contributed by atoms with E-state index in [1.807, 2.05) is 6.07 Å². The van der Waals surface area contributed by atoms with Crippen LogP contribution in [0.4, 0.5) is 4.79 Å². The van der Waals surface area contributed by atoms with Crippen LogP contribution in [0.1, 0.15) is 5.56 Å². The topological polar surface area (TPSA) is 40.5 Å². The first-order chi connectivity index (χ1) is 6.09. The molecule has 0 spiro atoms. The Balaban J connectivity index is 2.69. The van der Waals surface area contributed by atoms with E-state index in [4.69, 9.17) is 16.7 Å². The molecule has 0 radical (unpaired) electrons. The van der Waals surface area contributed by atoms with E-state index in [0.29, 0.717) is 11.6 Å². The fourth-order valence-corrected chi connectivity index (χ4v) is 1.19. The number of nitrogens with zero attached hydrogens (tertiary/aromatic N) is 1. The van der Waals surface area contributed by atoms with E-state index in [1.54, 1.807) is 18.2 Å². The summed E-state index contributed by atoms with van der Waals surface area (Å²) in [4.78, 5) is 11.7. The Kier molecular flexibility index (Phi) is 3.14. The Morgan fingerprint density at radius 2 is 2.31 bits per heavy atom. The maximum absolute atomic E-state index is 10.5. The molecule has 4 heteroatoms. The molecule has 0 unspecified atom stereocenters. The number of rotatable bonds is 2. The van der Waals surface area contributed by atoms with Crippen LogP contribution in [0.15, 0.2) is 24.3 Å².